The Kier molecular flexibility index (Phi) is 8.38. The van der Waals surface area contributed by atoms with Gasteiger partial charge >= 0.3 is 0 Å². The molecule has 0 spiro atoms. The average Bonchev–Trinajstić information content (AvgIpc) is 2.87. The third-order valence-electron chi connectivity index (χ3n) is 5.59. The highest BCUT2D eigenvalue weighted by molar-refractivity contribution is 7.99. The molecule has 1 saturated heterocycles. The number of anilines is 1. The molecule has 4 rings (SSSR count). The van der Waals surface area contributed by atoms with Gasteiger partial charge in [0.05, 0.1) is 23.1 Å². The van der Waals surface area contributed by atoms with Gasteiger partial charge in [0.1, 0.15) is 17.4 Å². The number of ether oxygens (including phenoxy) is 2. The standard InChI is InChI=1S/C25H24Cl2FN3O3S/c1-15(23-19(26)6-7-20(28)24(23)27)35-21-12-17(13-30-25(21)29)16-2-4-18(5-3-16)34-14-22(32)31-8-10-33-11-9-31/h2-7,12-13,15H,8-11,14H2,1H3,(H2,29,30). The van der Waals surface area contributed by atoms with Crippen LogP contribution in [0.1, 0.15) is 17.7 Å². The summed E-state index contributed by atoms with van der Waals surface area (Å²) in [5, 5.41) is 0.134. The summed E-state index contributed by atoms with van der Waals surface area (Å²) in [4.78, 5) is 19.1. The number of morpholine rings is 1. The van der Waals surface area contributed by atoms with Gasteiger partial charge in [-0.2, -0.15) is 0 Å². The van der Waals surface area contributed by atoms with Crippen LogP contribution in [0.2, 0.25) is 10.0 Å². The zero-order valence-corrected chi connectivity index (χ0v) is 21.3. The third-order valence-corrected chi connectivity index (χ3v) is 7.47. The molecule has 1 amide bonds. The Bertz CT molecular complexity index is 1210. The Balaban J connectivity index is 1.44. The molecule has 2 aromatic carbocycles. The number of nitrogen functional groups attached to an aromatic ring is 1. The summed E-state index contributed by atoms with van der Waals surface area (Å²) < 4.78 is 24.9. The second kappa shape index (κ2) is 11.5. The Labute approximate surface area is 217 Å². The molecule has 35 heavy (non-hydrogen) atoms. The average molecular weight is 536 g/mol. The van der Waals surface area contributed by atoms with Crippen LogP contribution in [-0.2, 0) is 9.53 Å². The van der Waals surface area contributed by atoms with Crippen molar-refractivity contribution in [2.45, 2.75) is 17.1 Å². The number of nitrogens with two attached hydrogens (primary N) is 1. The molecule has 1 unspecified atom stereocenters. The molecule has 0 bridgehead atoms. The summed E-state index contributed by atoms with van der Waals surface area (Å²) in [5.41, 5.74) is 8.38. The van der Waals surface area contributed by atoms with Gasteiger partial charge in [-0.1, -0.05) is 35.3 Å². The number of aromatic nitrogens is 1. The summed E-state index contributed by atoms with van der Waals surface area (Å²) in [6.07, 6.45) is 1.68. The summed E-state index contributed by atoms with van der Waals surface area (Å²) in [7, 11) is 0. The van der Waals surface area contributed by atoms with Gasteiger partial charge in [0.2, 0.25) is 0 Å². The van der Waals surface area contributed by atoms with Crippen LogP contribution in [0.5, 0.6) is 5.75 Å². The molecule has 2 heterocycles. The van der Waals surface area contributed by atoms with Crippen LogP contribution >= 0.6 is 35.0 Å². The van der Waals surface area contributed by atoms with Crippen molar-refractivity contribution in [2.75, 3.05) is 38.6 Å². The van der Waals surface area contributed by atoms with Gasteiger partial charge in [-0.15, -0.1) is 11.8 Å². The van der Waals surface area contributed by atoms with E-state index in [-0.39, 0.29) is 22.8 Å². The van der Waals surface area contributed by atoms with E-state index in [1.807, 2.05) is 25.1 Å². The van der Waals surface area contributed by atoms with Gasteiger partial charge < -0.3 is 20.1 Å². The van der Waals surface area contributed by atoms with E-state index in [1.54, 1.807) is 23.2 Å². The lowest BCUT2D eigenvalue weighted by molar-refractivity contribution is -0.137. The van der Waals surface area contributed by atoms with Crippen LogP contribution in [0, 0.1) is 5.82 Å². The van der Waals surface area contributed by atoms with Gasteiger partial charge in [0.15, 0.2) is 6.61 Å². The fraction of sp³-hybridized carbons (Fsp3) is 0.280. The van der Waals surface area contributed by atoms with E-state index in [0.717, 1.165) is 16.0 Å². The highest BCUT2D eigenvalue weighted by Gasteiger charge is 2.20. The van der Waals surface area contributed by atoms with E-state index in [1.165, 1.54) is 23.9 Å². The minimum absolute atomic E-state index is 0.00266. The number of benzene rings is 2. The lowest BCUT2D eigenvalue weighted by Gasteiger charge is -2.26. The summed E-state index contributed by atoms with van der Waals surface area (Å²) >= 11 is 13.8. The number of pyridine rings is 1. The van der Waals surface area contributed by atoms with Crippen molar-refractivity contribution in [3.8, 4) is 16.9 Å². The zero-order chi connectivity index (χ0) is 24.9. The molecule has 1 aliphatic heterocycles. The molecule has 3 aromatic rings. The van der Waals surface area contributed by atoms with Gasteiger partial charge in [0.25, 0.3) is 5.91 Å². The Morgan fingerprint density at radius 3 is 2.63 bits per heavy atom. The number of halogens is 3. The molecule has 6 nitrogen and oxygen atoms in total. The fourth-order valence-corrected chi connectivity index (χ4v) is 5.60. The molecule has 1 atom stereocenters. The molecular weight excluding hydrogens is 512 g/mol. The van der Waals surface area contributed by atoms with Crippen LogP contribution in [0.15, 0.2) is 53.6 Å². The molecule has 0 aliphatic carbocycles. The third kappa shape index (κ3) is 6.19. The van der Waals surface area contributed by atoms with Crippen molar-refractivity contribution in [3.05, 3.63) is 70.1 Å². The molecule has 0 saturated carbocycles. The van der Waals surface area contributed by atoms with Crippen LogP contribution in [-0.4, -0.2) is 48.7 Å². The largest absolute Gasteiger partial charge is 0.484 e. The molecule has 0 radical (unpaired) electrons. The van der Waals surface area contributed by atoms with Crippen LogP contribution in [0.25, 0.3) is 11.1 Å². The topological polar surface area (TPSA) is 77.7 Å². The first-order chi connectivity index (χ1) is 16.8. The van der Waals surface area contributed by atoms with E-state index >= 15 is 0 Å². The van der Waals surface area contributed by atoms with E-state index in [4.69, 9.17) is 38.4 Å². The van der Waals surface area contributed by atoms with Gasteiger partial charge in [-0.25, -0.2) is 9.37 Å². The highest BCUT2D eigenvalue weighted by atomic mass is 35.5. The Morgan fingerprint density at radius 2 is 1.91 bits per heavy atom. The van der Waals surface area contributed by atoms with Crippen molar-refractivity contribution < 1.29 is 18.7 Å². The van der Waals surface area contributed by atoms with Crippen molar-refractivity contribution in [2.24, 2.45) is 0 Å². The summed E-state index contributed by atoms with van der Waals surface area (Å²) in [6.45, 7) is 4.14. The minimum atomic E-state index is -0.521. The lowest BCUT2D eigenvalue weighted by Crippen LogP contribution is -2.42. The van der Waals surface area contributed by atoms with Crippen molar-refractivity contribution in [1.29, 1.82) is 0 Å². The maximum Gasteiger partial charge on any atom is 0.260 e. The van der Waals surface area contributed by atoms with Gasteiger partial charge in [0, 0.05) is 40.7 Å². The predicted octanol–water partition coefficient (Wildman–Crippen LogP) is 5.87. The molecule has 1 fully saturated rings. The number of amides is 1. The minimum Gasteiger partial charge on any atom is -0.484 e. The first kappa shape index (κ1) is 25.6. The number of carbonyl (C=O) groups is 1. The zero-order valence-electron chi connectivity index (χ0n) is 19.0. The SMILES string of the molecule is CC(Sc1cc(-c2ccc(OCC(=O)N3CCOCC3)cc2)cnc1N)c1c(Cl)ccc(F)c1Cl. The number of carbonyl (C=O) groups excluding carboxylic acids is 1. The first-order valence-corrected chi connectivity index (χ1v) is 12.6. The van der Waals surface area contributed by atoms with E-state index in [2.05, 4.69) is 4.98 Å². The highest BCUT2D eigenvalue weighted by Crippen LogP contribution is 2.44. The molecule has 184 valence electrons. The molecule has 1 aliphatic rings. The van der Waals surface area contributed by atoms with Crippen LogP contribution in [0.3, 0.4) is 0 Å². The first-order valence-electron chi connectivity index (χ1n) is 11.0. The lowest BCUT2D eigenvalue weighted by atomic mass is 10.1. The normalized spacial score (nSPS) is 14.6. The van der Waals surface area contributed by atoms with E-state index in [0.29, 0.717) is 48.5 Å². The van der Waals surface area contributed by atoms with Crippen molar-refractivity contribution in [1.82, 2.24) is 9.88 Å². The predicted molar refractivity (Wildman–Crippen MR) is 138 cm³/mol. The fourth-order valence-electron chi connectivity index (χ4n) is 3.66. The molecule has 2 N–H and O–H groups in total. The van der Waals surface area contributed by atoms with Crippen molar-refractivity contribution >= 4 is 46.7 Å². The second-order valence-electron chi connectivity index (χ2n) is 7.93. The number of hydrogen-bond donors (Lipinski definition) is 1. The maximum atomic E-state index is 14.0. The van der Waals surface area contributed by atoms with E-state index in [9.17, 15) is 9.18 Å². The smallest absolute Gasteiger partial charge is 0.260 e. The number of nitrogens with zero attached hydrogens (tertiary/aromatic N) is 2. The van der Waals surface area contributed by atoms with Gasteiger partial charge in [-0.05, 0) is 42.8 Å². The number of thioether (sulfide) groups is 1. The quantitative estimate of drug-likeness (QED) is 0.301. The monoisotopic (exact) mass is 535 g/mol. The Hall–Kier alpha value is -2.52. The summed E-state index contributed by atoms with van der Waals surface area (Å²) in [5.74, 6) is 0.370. The molecule has 10 heteroatoms. The number of hydrogen-bond acceptors (Lipinski definition) is 6. The van der Waals surface area contributed by atoms with Crippen molar-refractivity contribution in [3.63, 3.8) is 0 Å². The van der Waals surface area contributed by atoms with Crippen LogP contribution in [0.4, 0.5) is 10.2 Å². The van der Waals surface area contributed by atoms with Crippen LogP contribution < -0.4 is 10.5 Å². The maximum absolute atomic E-state index is 14.0. The van der Waals surface area contributed by atoms with E-state index < -0.39 is 5.82 Å². The Morgan fingerprint density at radius 1 is 1.20 bits per heavy atom. The number of rotatable bonds is 7. The van der Waals surface area contributed by atoms with Gasteiger partial charge in [-0.3, -0.25) is 4.79 Å². The summed E-state index contributed by atoms with van der Waals surface area (Å²) in [6, 6.07) is 12.0. The molecular formula is C25H24Cl2FN3O3S. The molecule has 1 aromatic heterocycles. The second-order valence-corrected chi connectivity index (χ2v) is 10.1.